The fourth-order valence-electron chi connectivity index (χ4n) is 1.97. The van der Waals surface area contributed by atoms with E-state index in [-0.39, 0.29) is 22.3 Å². The Balaban J connectivity index is 2.14. The minimum Gasteiger partial charge on any atom is -0.484 e. The van der Waals surface area contributed by atoms with Crippen molar-refractivity contribution in [1.29, 1.82) is 0 Å². The molecule has 0 unspecified atom stereocenters. The molecule has 0 heterocycles. The molecule has 0 saturated heterocycles. The highest BCUT2D eigenvalue weighted by Crippen LogP contribution is 2.29. The zero-order valence-corrected chi connectivity index (χ0v) is 16.7. The molecule has 2 N–H and O–H groups in total. The highest BCUT2D eigenvalue weighted by atomic mass is 79.9. The van der Waals surface area contributed by atoms with Crippen LogP contribution < -0.4 is 20.1 Å². The fourth-order valence-corrected chi connectivity index (χ4v) is 2.47. The number of ether oxygens (including phenoxy) is 2. The predicted octanol–water partition coefficient (Wildman–Crippen LogP) is 6.14. The van der Waals surface area contributed by atoms with E-state index in [1.807, 2.05) is 0 Å². The van der Waals surface area contributed by atoms with Crippen LogP contribution in [0.5, 0.6) is 11.5 Å². The van der Waals surface area contributed by atoms with Crippen LogP contribution in [-0.4, -0.2) is 30.7 Å². The molecule has 2 rings (SSSR count). The molecule has 0 spiro atoms. The third-order valence-corrected chi connectivity index (χ3v) is 3.78. The van der Waals surface area contributed by atoms with Crippen LogP contribution in [0.2, 0.25) is 0 Å². The fraction of sp³-hybridized carbons (Fsp3) is 0.235. The molecule has 0 aromatic heterocycles. The van der Waals surface area contributed by atoms with Gasteiger partial charge >= 0.3 is 12.4 Å². The molecule has 0 saturated carbocycles. The number of halogens is 7. The number of benzene rings is 2. The molecule has 4 nitrogen and oxygen atoms in total. The monoisotopic (exact) mass is 502 g/mol. The van der Waals surface area contributed by atoms with Gasteiger partial charge in [0.2, 0.25) is 0 Å². The summed E-state index contributed by atoms with van der Waals surface area (Å²) in [6.45, 7) is -3.23. The molecule has 29 heavy (non-hydrogen) atoms. The molecule has 0 aliphatic rings. The van der Waals surface area contributed by atoms with Crippen molar-refractivity contribution in [3.8, 4) is 11.5 Å². The summed E-state index contributed by atoms with van der Waals surface area (Å²) < 4.78 is 84.3. The summed E-state index contributed by atoms with van der Waals surface area (Å²) in [4.78, 5) is 0. The number of hydrogen-bond acceptors (Lipinski definition) is 3. The van der Waals surface area contributed by atoms with Crippen LogP contribution in [0.3, 0.4) is 0 Å². The Bertz CT molecular complexity index is 807. The van der Waals surface area contributed by atoms with Gasteiger partial charge in [-0.1, -0.05) is 15.9 Å². The van der Waals surface area contributed by atoms with E-state index in [1.165, 1.54) is 0 Å². The molecular formula is C17H13BrF6N2O2S. The summed E-state index contributed by atoms with van der Waals surface area (Å²) in [6.07, 6.45) is -9.23. The van der Waals surface area contributed by atoms with Crippen LogP contribution in [-0.2, 0) is 0 Å². The smallest absolute Gasteiger partial charge is 0.422 e. The number of rotatable bonds is 6. The Morgan fingerprint density at radius 2 is 1.24 bits per heavy atom. The highest BCUT2D eigenvalue weighted by molar-refractivity contribution is 9.10. The van der Waals surface area contributed by atoms with Crippen LogP contribution in [0.25, 0.3) is 0 Å². The lowest BCUT2D eigenvalue weighted by Crippen LogP contribution is -2.21. The summed E-state index contributed by atoms with van der Waals surface area (Å²) in [7, 11) is 0. The van der Waals surface area contributed by atoms with E-state index in [0.29, 0.717) is 5.69 Å². The van der Waals surface area contributed by atoms with Gasteiger partial charge in [0.25, 0.3) is 0 Å². The molecule has 0 amide bonds. The van der Waals surface area contributed by atoms with Crippen LogP contribution in [0.15, 0.2) is 46.9 Å². The molecule has 0 fully saturated rings. The van der Waals surface area contributed by atoms with Gasteiger partial charge in [-0.05, 0) is 36.5 Å². The lowest BCUT2D eigenvalue weighted by molar-refractivity contribution is -0.153. The first-order valence-electron chi connectivity index (χ1n) is 7.77. The van der Waals surface area contributed by atoms with Crippen LogP contribution in [0, 0.1) is 0 Å². The Kier molecular flexibility index (Phi) is 7.58. The van der Waals surface area contributed by atoms with E-state index < -0.39 is 25.6 Å². The number of hydrogen-bond donors (Lipinski definition) is 2. The van der Waals surface area contributed by atoms with Gasteiger partial charge < -0.3 is 20.1 Å². The topological polar surface area (TPSA) is 42.5 Å². The summed E-state index contributed by atoms with van der Waals surface area (Å²) in [6, 6.07) is 10.1. The SMILES string of the molecule is FC(F)(F)COc1cc(NC(=S)Nc2ccc(Br)cc2)cc(OCC(F)(F)F)c1. The van der Waals surface area contributed by atoms with E-state index >= 15 is 0 Å². The molecule has 0 aliphatic carbocycles. The maximum atomic E-state index is 12.4. The van der Waals surface area contributed by atoms with Crippen LogP contribution in [0.1, 0.15) is 0 Å². The first-order valence-corrected chi connectivity index (χ1v) is 8.97. The number of alkyl halides is 6. The van der Waals surface area contributed by atoms with Gasteiger partial charge in [-0.2, -0.15) is 26.3 Å². The van der Waals surface area contributed by atoms with E-state index in [9.17, 15) is 26.3 Å². The molecular weight excluding hydrogens is 490 g/mol. The summed E-state index contributed by atoms with van der Waals surface area (Å²) >= 11 is 8.38. The van der Waals surface area contributed by atoms with E-state index in [2.05, 4.69) is 36.0 Å². The van der Waals surface area contributed by atoms with E-state index in [4.69, 9.17) is 12.2 Å². The minimum absolute atomic E-state index is 0.0575. The number of anilines is 2. The molecule has 0 aliphatic heterocycles. The summed E-state index contributed by atoms with van der Waals surface area (Å²) in [5, 5.41) is 5.55. The Hall–Kier alpha value is -2.21. The highest BCUT2D eigenvalue weighted by Gasteiger charge is 2.30. The van der Waals surface area contributed by atoms with Gasteiger partial charge in [0.1, 0.15) is 11.5 Å². The van der Waals surface area contributed by atoms with E-state index in [0.717, 1.165) is 22.7 Å². The molecule has 0 radical (unpaired) electrons. The second-order valence-electron chi connectivity index (χ2n) is 5.59. The predicted molar refractivity (Wildman–Crippen MR) is 104 cm³/mol. The summed E-state index contributed by atoms with van der Waals surface area (Å²) in [5.41, 5.74) is 0.695. The largest absolute Gasteiger partial charge is 0.484 e. The van der Waals surface area contributed by atoms with Crippen molar-refractivity contribution in [2.75, 3.05) is 23.8 Å². The molecule has 2 aromatic carbocycles. The maximum Gasteiger partial charge on any atom is 0.422 e. The average Bonchev–Trinajstić information content (AvgIpc) is 2.59. The minimum atomic E-state index is -4.62. The average molecular weight is 503 g/mol. The molecule has 0 bridgehead atoms. The number of nitrogens with one attached hydrogen (secondary N) is 2. The van der Waals surface area contributed by atoms with Gasteiger partial charge in [0.15, 0.2) is 18.3 Å². The van der Waals surface area contributed by atoms with Gasteiger partial charge in [-0.3, -0.25) is 0 Å². The second-order valence-corrected chi connectivity index (χ2v) is 6.91. The molecule has 2 aromatic rings. The quantitative estimate of drug-likeness (QED) is 0.366. The normalized spacial score (nSPS) is 11.7. The zero-order valence-electron chi connectivity index (χ0n) is 14.3. The van der Waals surface area contributed by atoms with E-state index in [1.54, 1.807) is 24.3 Å². The molecule has 158 valence electrons. The van der Waals surface area contributed by atoms with Crippen molar-refractivity contribution in [2.45, 2.75) is 12.4 Å². The van der Waals surface area contributed by atoms with Gasteiger partial charge in [0.05, 0.1) is 0 Å². The third kappa shape index (κ3) is 9.22. The van der Waals surface area contributed by atoms with Crippen LogP contribution in [0.4, 0.5) is 37.7 Å². The van der Waals surface area contributed by atoms with Crippen molar-refractivity contribution >= 4 is 44.6 Å². The Labute approximate surface area is 175 Å². The van der Waals surface area contributed by atoms with Crippen molar-refractivity contribution in [1.82, 2.24) is 0 Å². The lowest BCUT2D eigenvalue weighted by atomic mass is 10.2. The van der Waals surface area contributed by atoms with Gasteiger partial charge in [-0.25, -0.2) is 0 Å². The Morgan fingerprint density at radius 3 is 1.69 bits per heavy atom. The second kappa shape index (κ2) is 9.53. The van der Waals surface area contributed by atoms with Crippen LogP contribution >= 0.6 is 28.1 Å². The zero-order chi connectivity index (χ0) is 21.7. The number of thiocarbonyl (C=S) groups is 1. The van der Waals surface area contributed by atoms with Gasteiger partial charge in [0, 0.05) is 34.0 Å². The summed E-state index contributed by atoms with van der Waals surface area (Å²) in [5.74, 6) is -0.674. The van der Waals surface area contributed by atoms with Gasteiger partial charge in [-0.15, -0.1) is 0 Å². The van der Waals surface area contributed by atoms with Crippen molar-refractivity contribution in [3.05, 3.63) is 46.9 Å². The van der Waals surface area contributed by atoms with Crippen molar-refractivity contribution < 1.29 is 35.8 Å². The maximum absolute atomic E-state index is 12.4. The Morgan fingerprint density at radius 1 is 0.793 bits per heavy atom. The third-order valence-electron chi connectivity index (χ3n) is 3.04. The lowest BCUT2D eigenvalue weighted by Gasteiger charge is -2.16. The first-order chi connectivity index (χ1) is 13.4. The van der Waals surface area contributed by atoms with Crippen molar-refractivity contribution in [2.24, 2.45) is 0 Å². The molecule has 0 atom stereocenters. The first kappa shape index (κ1) is 23.1. The standard InChI is InChI=1S/C17H13BrF6N2O2S/c18-10-1-3-11(4-2-10)25-15(29)26-12-5-13(27-8-16(19,20)21)7-14(6-12)28-9-17(22,23)24/h1-7H,8-9H2,(H2,25,26,29). The molecule has 12 heteroatoms. The van der Waals surface area contributed by atoms with Crippen molar-refractivity contribution in [3.63, 3.8) is 0 Å².